The molecule has 1 aromatic rings. The first-order valence-electron chi connectivity index (χ1n) is 4.89. The Kier molecular flexibility index (Phi) is 5.36. The number of hydrogen-bond donors (Lipinski definition) is 2. The summed E-state index contributed by atoms with van der Waals surface area (Å²) in [4.78, 5) is 1.78. The molecule has 17 heavy (non-hydrogen) atoms. The molecule has 0 saturated heterocycles. The highest BCUT2D eigenvalue weighted by atomic mass is 35.5. The molecule has 1 atom stereocenters. The number of likely N-dealkylation sites (N-methyl/N-ethyl adjacent to an activating group) is 1. The second-order valence-electron chi connectivity index (χ2n) is 3.83. The number of rotatable bonds is 6. The van der Waals surface area contributed by atoms with Crippen molar-refractivity contribution < 1.29 is 13.5 Å². The lowest BCUT2D eigenvalue weighted by Gasteiger charge is -2.16. The molecule has 98 valence electrons. The molecule has 0 aliphatic carbocycles. The maximum Gasteiger partial charge on any atom is 0.250 e. The minimum atomic E-state index is -3.56. The van der Waals surface area contributed by atoms with Crippen molar-refractivity contribution in [1.82, 2.24) is 9.62 Å². The van der Waals surface area contributed by atoms with E-state index < -0.39 is 16.1 Å². The average molecular weight is 299 g/mol. The summed E-state index contributed by atoms with van der Waals surface area (Å²) in [7, 11) is 0.0399. The van der Waals surface area contributed by atoms with Gasteiger partial charge in [-0.1, -0.05) is 11.6 Å². The summed E-state index contributed by atoms with van der Waals surface area (Å²) in [6, 6.07) is 2.96. The second-order valence-corrected chi connectivity index (χ2v) is 7.54. The zero-order chi connectivity index (χ0) is 13.1. The number of nitrogens with zero attached hydrogens (tertiary/aromatic N) is 1. The minimum Gasteiger partial charge on any atom is -0.390 e. The lowest BCUT2D eigenvalue weighted by Crippen LogP contribution is -2.37. The number of thiophene rings is 1. The quantitative estimate of drug-likeness (QED) is 0.807. The van der Waals surface area contributed by atoms with E-state index in [0.717, 1.165) is 11.3 Å². The normalized spacial score (nSPS) is 14.2. The summed E-state index contributed by atoms with van der Waals surface area (Å²) in [6.45, 7) is 0.379. The Balaban J connectivity index is 2.56. The average Bonchev–Trinajstić information content (AvgIpc) is 2.62. The minimum absolute atomic E-state index is 0.0178. The second kappa shape index (κ2) is 6.12. The van der Waals surface area contributed by atoms with E-state index in [-0.39, 0.29) is 10.8 Å². The van der Waals surface area contributed by atoms with E-state index in [0.29, 0.717) is 10.9 Å². The molecule has 1 heterocycles. The highest BCUT2D eigenvalue weighted by Gasteiger charge is 2.18. The van der Waals surface area contributed by atoms with E-state index in [9.17, 15) is 13.5 Å². The van der Waals surface area contributed by atoms with Crippen LogP contribution in [-0.4, -0.2) is 51.7 Å². The van der Waals surface area contributed by atoms with Gasteiger partial charge in [-0.25, -0.2) is 13.1 Å². The van der Waals surface area contributed by atoms with Crippen LogP contribution in [-0.2, 0) is 10.0 Å². The van der Waals surface area contributed by atoms with Crippen LogP contribution in [0.2, 0.25) is 4.34 Å². The van der Waals surface area contributed by atoms with Crippen LogP contribution in [0.1, 0.15) is 0 Å². The Morgan fingerprint density at radius 2 is 2.18 bits per heavy atom. The maximum absolute atomic E-state index is 11.8. The number of halogens is 1. The molecule has 0 spiro atoms. The summed E-state index contributed by atoms with van der Waals surface area (Å²) < 4.78 is 26.4. The molecule has 1 rings (SSSR count). The third-order valence-electron chi connectivity index (χ3n) is 1.90. The first kappa shape index (κ1) is 14.9. The third-order valence-corrected chi connectivity index (χ3v) is 5.04. The Bertz CT molecular complexity index is 459. The van der Waals surface area contributed by atoms with Crippen LogP contribution < -0.4 is 4.72 Å². The van der Waals surface area contributed by atoms with Crippen LogP contribution in [0.4, 0.5) is 0 Å². The molecular weight excluding hydrogens is 284 g/mol. The van der Waals surface area contributed by atoms with Crippen molar-refractivity contribution in [2.24, 2.45) is 0 Å². The first-order valence-corrected chi connectivity index (χ1v) is 7.57. The van der Waals surface area contributed by atoms with Gasteiger partial charge in [-0.3, -0.25) is 0 Å². The number of aliphatic hydroxyl groups excluding tert-OH is 1. The molecule has 0 aromatic carbocycles. The van der Waals surface area contributed by atoms with Crippen LogP contribution in [0.5, 0.6) is 0 Å². The smallest absolute Gasteiger partial charge is 0.250 e. The largest absolute Gasteiger partial charge is 0.390 e. The van der Waals surface area contributed by atoms with Gasteiger partial charge in [0.2, 0.25) is 10.0 Å². The molecule has 0 radical (unpaired) electrons. The van der Waals surface area contributed by atoms with Gasteiger partial charge >= 0.3 is 0 Å². The third kappa shape index (κ3) is 4.90. The van der Waals surface area contributed by atoms with E-state index in [4.69, 9.17) is 11.6 Å². The van der Waals surface area contributed by atoms with Crippen molar-refractivity contribution in [2.75, 3.05) is 27.2 Å². The Morgan fingerprint density at radius 3 is 2.65 bits per heavy atom. The molecule has 5 nitrogen and oxygen atoms in total. The van der Waals surface area contributed by atoms with Crippen LogP contribution in [0.3, 0.4) is 0 Å². The SMILES string of the molecule is CN(C)C[C@@H](O)CNS(=O)(=O)c1ccc(Cl)s1. The van der Waals surface area contributed by atoms with Crippen LogP contribution in [0.25, 0.3) is 0 Å². The summed E-state index contributed by atoms with van der Waals surface area (Å²) in [5, 5.41) is 9.54. The molecule has 0 fully saturated rings. The van der Waals surface area contributed by atoms with Gasteiger partial charge in [-0.05, 0) is 26.2 Å². The van der Waals surface area contributed by atoms with E-state index in [1.54, 1.807) is 19.0 Å². The Hall–Kier alpha value is -0.180. The van der Waals surface area contributed by atoms with Crippen molar-refractivity contribution in [3.05, 3.63) is 16.5 Å². The van der Waals surface area contributed by atoms with Crippen LogP contribution in [0, 0.1) is 0 Å². The lowest BCUT2D eigenvalue weighted by atomic mass is 10.3. The fraction of sp³-hybridized carbons (Fsp3) is 0.556. The Morgan fingerprint density at radius 1 is 1.53 bits per heavy atom. The predicted molar refractivity (Wildman–Crippen MR) is 69.1 cm³/mol. The van der Waals surface area contributed by atoms with Crippen molar-refractivity contribution >= 4 is 33.0 Å². The molecular formula is C9H15ClN2O3S2. The zero-order valence-electron chi connectivity index (χ0n) is 9.55. The highest BCUT2D eigenvalue weighted by molar-refractivity contribution is 7.91. The molecule has 0 unspecified atom stereocenters. The maximum atomic E-state index is 11.8. The first-order chi connectivity index (χ1) is 7.81. The molecule has 0 aliphatic rings. The standard InChI is InChI=1S/C9H15ClN2O3S2/c1-12(2)6-7(13)5-11-17(14,15)9-4-3-8(10)16-9/h3-4,7,11,13H,5-6H2,1-2H3/t7-/m0/s1. The van der Waals surface area contributed by atoms with Gasteiger partial charge in [0.1, 0.15) is 4.21 Å². The molecule has 0 aliphatic heterocycles. The van der Waals surface area contributed by atoms with Crippen LogP contribution in [0.15, 0.2) is 16.3 Å². The van der Waals surface area contributed by atoms with Gasteiger partial charge in [-0.2, -0.15) is 0 Å². The van der Waals surface area contributed by atoms with Gasteiger partial charge < -0.3 is 10.0 Å². The van der Waals surface area contributed by atoms with E-state index in [2.05, 4.69) is 4.72 Å². The van der Waals surface area contributed by atoms with Gasteiger partial charge in [0.05, 0.1) is 10.4 Å². The van der Waals surface area contributed by atoms with Gasteiger partial charge in [0.15, 0.2) is 0 Å². The number of hydrogen-bond acceptors (Lipinski definition) is 5. The Labute approximate surface area is 110 Å². The summed E-state index contributed by atoms with van der Waals surface area (Å²) in [5.74, 6) is 0. The van der Waals surface area contributed by atoms with E-state index in [1.807, 2.05) is 0 Å². The molecule has 0 saturated carbocycles. The monoisotopic (exact) mass is 298 g/mol. The van der Waals surface area contributed by atoms with Gasteiger partial charge in [-0.15, -0.1) is 11.3 Å². The fourth-order valence-electron chi connectivity index (χ4n) is 1.21. The number of sulfonamides is 1. The van der Waals surface area contributed by atoms with Gasteiger partial charge in [0, 0.05) is 13.1 Å². The zero-order valence-corrected chi connectivity index (χ0v) is 11.9. The highest BCUT2D eigenvalue weighted by Crippen LogP contribution is 2.25. The molecule has 0 amide bonds. The topological polar surface area (TPSA) is 69.6 Å². The van der Waals surface area contributed by atoms with Crippen LogP contribution >= 0.6 is 22.9 Å². The van der Waals surface area contributed by atoms with Crippen molar-refractivity contribution in [3.63, 3.8) is 0 Å². The summed E-state index contributed by atoms with van der Waals surface area (Å²) >= 11 is 6.65. The lowest BCUT2D eigenvalue weighted by molar-refractivity contribution is 0.140. The summed E-state index contributed by atoms with van der Waals surface area (Å²) in [6.07, 6.45) is -0.741. The van der Waals surface area contributed by atoms with Crippen molar-refractivity contribution in [2.45, 2.75) is 10.3 Å². The van der Waals surface area contributed by atoms with Gasteiger partial charge in [0.25, 0.3) is 0 Å². The fourth-order valence-corrected chi connectivity index (χ4v) is 3.81. The van der Waals surface area contributed by atoms with Crippen molar-refractivity contribution in [3.8, 4) is 0 Å². The predicted octanol–water partition coefficient (Wildman–Crippen LogP) is 0.602. The molecule has 2 N–H and O–H groups in total. The number of nitrogens with one attached hydrogen (secondary N) is 1. The summed E-state index contributed by atoms with van der Waals surface area (Å²) in [5.41, 5.74) is 0. The molecule has 0 bridgehead atoms. The van der Waals surface area contributed by atoms with E-state index >= 15 is 0 Å². The molecule has 1 aromatic heterocycles. The molecule has 8 heteroatoms. The number of aliphatic hydroxyl groups is 1. The van der Waals surface area contributed by atoms with E-state index in [1.165, 1.54) is 12.1 Å². The van der Waals surface area contributed by atoms with Crippen molar-refractivity contribution in [1.29, 1.82) is 0 Å².